The average Bonchev–Trinajstić information content (AvgIpc) is 2.83. The predicted molar refractivity (Wildman–Crippen MR) is 86.3 cm³/mol. The summed E-state index contributed by atoms with van der Waals surface area (Å²) in [6, 6.07) is 4.92. The van der Waals surface area contributed by atoms with E-state index in [0.29, 0.717) is 6.04 Å². The molecule has 0 radical (unpaired) electrons. The number of nitrogens with one attached hydrogen (secondary N) is 1. The maximum absolute atomic E-state index is 4.19. The average molecular weight is 288 g/mol. The zero-order chi connectivity index (χ0) is 14.3. The van der Waals surface area contributed by atoms with E-state index >= 15 is 0 Å². The Kier molecular flexibility index (Phi) is 5.60. The van der Waals surface area contributed by atoms with Crippen molar-refractivity contribution in [1.29, 1.82) is 0 Å². The summed E-state index contributed by atoms with van der Waals surface area (Å²) >= 11 is 0. The minimum atomic E-state index is 0.521. The van der Waals surface area contributed by atoms with E-state index in [9.17, 15) is 0 Å². The first-order valence-corrected chi connectivity index (χ1v) is 8.50. The first-order chi connectivity index (χ1) is 10.4. The van der Waals surface area contributed by atoms with Gasteiger partial charge in [-0.3, -0.25) is 9.88 Å². The van der Waals surface area contributed by atoms with Crippen LogP contribution in [0.1, 0.15) is 37.3 Å². The molecule has 4 heteroatoms. The monoisotopic (exact) mass is 288 g/mol. The molecule has 0 amide bonds. The highest BCUT2D eigenvalue weighted by atomic mass is 15.2. The molecule has 1 atom stereocenters. The Labute approximate surface area is 128 Å². The molecule has 0 bridgehead atoms. The highest BCUT2D eigenvalue weighted by molar-refractivity contribution is 5.16. The van der Waals surface area contributed by atoms with E-state index in [0.717, 1.165) is 26.2 Å². The van der Waals surface area contributed by atoms with Crippen molar-refractivity contribution in [3.8, 4) is 0 Å². The van der Waals surface area contributed by atoms with Crippen LogP contribution in [0.15, 0.2) is 24.5 Å². The summed E-state index contributed by atoms with van der Waals surface area (Å²) in [7, 11) is 0. The number of pyridine rings is 1. The molecule has 2 saturated heterocycles. The van der Waals surface area contributed by atoms with E-state index in [1.807, 2.05) is 12.4 Å². The van der Waals surface area contributed by atoms with E-state index in [4.69, 9.17) is 0 Å². The second-order valence-electron chi connectivity index (χ2n) is 6.30. The molecule has 1 aromatic rings. The third-order valence-corrected chi connectivity index (χ3v) is 4.81. The van der Waals surface area contributed by atoms with Crippen molar-refractivity contribution >= 4 is 0 Å². The lowest BCUT2D eigenvalue weighted by Gasteiger charge is -2.38. The number of hydrogen-bond acceptors (Lipinski definition) is 4. The van der Waals surface area contributed by atoms with E-state index in [2.05, 4.69) is 32.2 Å². The molecule has 4 nitrogen and oxygen atoms in total. The molecule has 21 heavy (non-hydrogen) atoms. The quantitative estimate of drug-likeness (QED) is 0.917. The fourth-order valence-corrected chi connectivity index (χ4v) is 3.57. The first-order valence-electron chi connectivity index (χ1n) is 8.50. The normalized spacial score (nSPS) is 23.6. The van der Waals surface area contributed by atoms with Gasteiger partial charge in [0.2, 0.25) is 0 Å². The summed E-state index contributed by atoms with van der Waals surface area (Å²) in [5, 5.41) is 3.47. The van der Waals surface area contributed by atoms with Gasteiger partial charge in [0.1, 0.15) is 0 Å². The molecule has 3 rings (SSSR count). The van der Waals surface area contributed by atoms with Crippen LogP contribution in [0.25, 0.3) is 0 Å². The van der Waals surface area contributed by atoms with Gasteiger partial charge in [0.25, 0.3) is 0 Å². The topological polar surface area (TPSA) is 31.4 Å². The van der Waals surface area contributed by atoms with Gasteiger partial charge in [0.05, 0.1) is 0 Å². The molecule has 2 fully saturated rings. The standard InChI is InChI=1S/C17H28N4/c1-2-4-12-20(11-3-1)15-17(16-5-7-18-8-6-16)21-13-9-19-10-14-21/h5-8,17,19H,1-4,9-15H2. The molecule has 1 unspecified atom stereocenters. The maximum Gasteiger partial charge on any atom is 0.0477 e. The highest BCUT2D eigenvalue weighted by Gasteiger charge is 2.24. The largest absolute Gasteiger partial charge is 0.314 e. The molecular weight excluding hydrogens is 260 g/mol. The van der Waals surface area contributed by atoms with Gasteiger partial charge in [-0.1, -0.05) is 12.8 Å². The highest BCUT2D eigenvalue weighted by Crippen LogP contribution is 2.23. The number of likely N-dealkylation sites (tertiary alicyclic amines) is 1. The van der Waals surface area contributed by atoms with Crippen LogP contribution in [0.4, 0.5) is 0 Å². The minimum Gasteiger partial charge on any atom is -0.314 e. The summed E-state index contributed by atoms with van der Waals surface area (Å²) < 4.78 is 0. The van der Waals surface area contributed by atoms with Crippen molar-refractivity contribution in [2.24, 2.45) is 0 Å². The van der Waals surface area contributed by atoms with Crippen LogP contribution in [-0.2, 0) is 0 Å². The predicted octanol–water partition coefficient (Wildman–Crippen LogP) is 1.90. The van der Waals surface area contributed by atoms with Gasteiger partial charge in [0, 0.05) is 51.2 Å². The van der Waals surface area contributed by atoms with Gasteiger partial charge in [-0.05, 0) is 43.6 Å². The van der Waals surface area contributed by atoms with E-state index in [1.54, 1.807) is 0 Å². The summed E-state index contributed by atoms with van der Waals surface area (Å²) in [6.45, 7) is 8.25. The molecule has 0 spiro atoms. The lowest BCUT2D eigenvalue weighted by Crippen LogP contribution is -2.48. The summed E-state index contributed by atoms with van der Waals surface area (Å²) in [4.78, 5) is 9.52. The first kappa shape index (κ1) is 14.9. The van der Waals surface area contributed by atoms with Gasteiger partial charge < -0.3 is 10.2 Å². The second-order valence-corrected chi connectivity index (χ2v) is 6.30. The molecule has 116 valence electrons. The molecule has 1 N–H and O–H groups in total. The van der Waals surface area contributed by atoms with Gasteiger partial charge in [-0.2, -0.15) is 0 Å². The number of nitrogens with zero attached hydrogens (tertiary/aromatic N) is 3. The van der Waals surface area contributed by atoms with Crippen LogP contribution < -0.4 is 5.32 Å². The summed E-state index contributed by atoms with van der Waals surface area (Å²) in [5.41, 5.74) is 1.43. The Morgan fingerprint density at radius 2 is 1.62 bits per heavy atom. The fraction of sp³-hybridized carbons (Fsp3) is 0.706. The molecule has 3 heterocycles. The van der Waals surface area contributed by atoms with Gasteiger partial charge >= 0.3 is 0 Å². The van der Waals surface area contributed by atoms with Crippen molar-refractivity contribution in [3.05, 3.63) is 30.1 Å². The Hall–Kier alpha value is -0.970. The summed E-state index contributed by atoms with van der Waals surface area (Å²) in [5.74, 6) is 0. The van der Waals surface area contributed by atoms with Crippen molar-refractivity contribution in [1.82, 2.24) is 20.1 Å². The number of piperazine rings is 1. The lowest BCUT2D eigenvalue weighted by atomic mass is 10.0. The molecular formula is C17H28N4. The van der Waals surface area contributed by atoms with E-state index in [1.165, 1.54) is 50.9 Å². The van der Waals surface area contributed by atoms with Crippen LogP contribution >= 0.6 is 0 Å². The van der Waals surface area contributed by atoms with Crippen molar-refractivity contribution in [2.75, 3.05) is 45.8 Å². The number of rotatable bonds is 4. The van der Waals surface area contributed by atoms with Crippen LogP contribution in [0.5, 0.6) is 0 Å². The third-order valence-electron chi connectivity index (χ3n) is 4.81. The fourth-order valence-electron chi connectivity index (χ4n) is 3.57. The zero-order valence-electron chi connectivity index (χ0n) is 13.0. The Balaban J connectivity index is 1.71. The maximum atomic E-state index is 4.19. The van der Waals surface area contributed by atoms with E-state index in [-0.39, 0.29) is 0 Å². The van der Waals surface area contributed by atoms with Crippen LogP contribution in [0.2, 0.25) is 0 Å². The molecule has 2 aliphatic heterocycles. The van der Waals surface area contributed by atoms with Crippen molar-refractivity contribution in [3.63, 3.8) is 0 Å². The van der Waals surface area contributed by atoms with Gasteiger partial charge in [-0.15, -0.1) is 0 Å². The molecule has 0 aromatic carbocycles. The molecule has 0 aliphatic carbocycles. The number of aromatic nitrogens is 1. The van der Waals surface area contributed by atoms with Gasteiger partial charge in [0.15, 0.2) is 0 Å². The molecule has 0 saturated carbocycles. The minimum absolute atomic E-state index is 0.521. The Morgan fingerprint density at radius 3 is 2.29 bits per heavy atom. The zero-order valence-corrected chi connectivity index (χ0v) is 13.0. The molecule has 2 aliphatic rings. The second kappa shape index (κ2) is 7.87. The van der Waals surface area contributed by atoms with E-state index < -0.39 is 0 Å². The van der Waals surface area contributed by atoms with Gasteiger partial charge in [-0.25, -0.2) is 0 Å². The molecule has 1 aromatic heterocycles. The Morgan fingerprint density at radius 1 is 0.952 bits per heavy atom. The Bertz CT molecular complexity index is 395. The third kappa shape index (κ3) is 4.25. The SMILES string of the molecule is c1cc(C(CN2CCCCCC2)N2CCNCC2)ccn1. The lowest BCUT2D eigenvalue weighted by molar-refractivity contribution is 0.126. The van der Waals surface area contributed by atoms with Crippen LogP contribution in [0, 0.1) is 0 Å². The van der Waals surface area contributed by atoms with Crippen LogP contribution in [-0.4, -0.2) is 60.6 Å². The number of hydrogen-bond donors (Lipinski definition) is 1. The summed E-state index contributed by atoms with van der Waals surface area (Å²) in [6.07, 6.45) is 9.42. The van der Waals surface area contributed by atoms with Crippen LogP contribution in [0.3, 0.4) is 0 Å². The van der Waals surface area contributed by atoms with Crippen molar-refractivity contribution < 1.29 is 0 Å². The van der Waals surface area contributed by atoms with Crippen molar-refractivity contribution in [2.45, 2.75) is 31.7 Å². The smallest absolute Gasteiger partial charge is 0.0477 e.